The van der Waals surface area contributed by atoms with Gasteiger partial charge >= 0.3 is 0 Å². The van der Waals surface area contributed by atoms with Gasteiger partial charge in [-0.2, -0.15) is 0 Å². The van der Waals surface area contributed by atoms with Crippen molar-refractivity contribution in [3.8, 4) is 0 Å². The van der Waals surface area contributed by atoms with E-state index in [1.54, 1.807) is 0 Å². The van der Waals surface area contributed by atoms with Gasteiger partial charge in [-0.25, -0.2) is 9.50 Å². The quantitative estimate of drug-likeness (QED) is 0.906. The van der Waals surface area contributed by atoms with Crippen LogP contribution in [-0.2, 0) is 9.53 Å². The van der Waals surface area contributed by atoms with E-state index in [-0.39, 0.29) is 23.6 Å². The number of amides is 1. The van der Waals surface area contributed by atoms with Crippen molar-refractivity contribution in [2.24, 2.45) is 0 Å². The number of nitrogens with zero attached hydrogens (tertiary/aromatic N) is 3. The van der Waals surface area contributed by atoms with Crippen LogP contribution in [0.2, 0.25) is 0 Å². The molecule has 0 radical (unpaired) electrons. The van der Waals surface area contributed by atoms with E-state index in [0.29, 0.717) is 17.9 Å². The molecule has 7 heteroatoms. The maximum absolute atomic E-state index is 12.8. The highest BCUT2D eigenvalue weighted by atomic mass is 16.5. The van der Waals surface area contributed by atoms with Crippen LogP contribution < -0.4 is 5.56 Å². The number of hydrogen-bond donors (Lipinski definition) is 1. The number of aryl methyl sites for hydroxylation is 1. The third kappa shape index (κ3) is 2.62. The maximum Gasteiger partial charge on any atom is 0.272 e. The van der Waals surface area contributed by atoms with E-state index in [2.05, 4.69) is 10.1 Å². The van der Waals surface area contributed by atoms with Crippen LogP contribution in [-0.4, -0.2) is 44.7 Å². The van der Waals surface area contributed by atoms with Crippen LogP contribution in [0, 0.1) is 6.92 Å². The van der Waals surface area contributed by atoms with Crippen molar-refractivity contribution < 1.29 is 9.53 Å². The van der Waals surface area contributed by atoms with Crippen LogP contribution in [0.25, 0.3) is 5.65 Å². The molecule has 4 heterocycles. The van der Waals surface area contributed by atoms with E-state index in [4.69, 9.17) is 4.74 Å². The molecule has 0 spiro atoms. The number of carbonyl (C=O) groups is 1. The number of ether oxygens (including phenoxy) is 1. The van der Waals surface area contributed by atoms with Gasteiger partial charge in [0.25, 0.3) is 11.5 Å². The van der Waals surface area contributed by atoms with Crippen molar-refractivity contribution in [2.75, 3.05) is 13.2 Å². The van der Waals surface area contributed by atoms with E-state index >= 15 is 0 Å². The van der Waals surface area contributed by atoms with Gasteiger partial charge in [-0.15, -0.1) is 0 Å². The smallest absolute Gasteiger partial charge is 0.272 e. The molecule has 4 rings (SSSR count). The highest BCUT2D eigenvalue weighted by molar-refractivity contribution is 5.81. The summed E-state index contributed by atoms with van der Waals surface area (Å²) in [5, 5.41) is 3.14. The predicted molar refractivity (Wildman–Crippen MR) is 87.8 cm³/mol. The standard InChI is InChI=1S/C17H22N4O3/c1-11-9-16(22)21-15(18-11)10-12(19-21)13-5-2-3-7-20(13)17(23)14-6-4-8-24-14/h9-10,13-14,19H,2-8H2,1H3/t13-,14+/m1/s1. The van der Waals surface area contributed by atoms with Crippen molar-refractivity contribution in [2.45, 2.75) is 51.2 Å². The summed E-state index contributed by atoms with van der Waals surface area (Å²) in [4.78, 5) is 31.3. The second-order valence-electron chi connectivity index (χ2n) is 6.69. The molecule has 0 saturated carbocycles. The van der Waals surface area contributed by atoms with E-state index < -0.39 is 0 Å². The summed E-state index contributed by atoms with van der Waals surface area (Å²) in [5.41, 5.74) is 2.04. The van der Waals surface area contributed by atoms with Gasteiger partial charge in [-0.05, 0) is 39.0 Å². The Morgan fingerprint density at radius 1 is 1.29 bits per heavy atom. The first-order chi connectivity index (χ1) is 11.6. The topological polar surface area (TPSA) is 79.7 Å². The van der Waals surface area contributed by atoms with Crippen molar-refractivity contribution in [3.05, 3.63) is 33.9 Å². The molecule has 2 aliphatic rings. The highest BCUT2D eigenvalue weighted by Gasteiger charge is 2.35. The average Bonchev–Trinajstić information content (AvgIpc) is 3.23. The molecular weight excluding hydrogens is 308 g/mol. The van der Waals surface area contributed by atoms with Gasteiger partial charge in [-0.1, -0.05) is 0 Å². The van der Waals surface area contributed by atoms with Gasteiger partial charge in [0.05, 0.1) is 11.7 Å². The van der Waals surface area contributed by atoms with Gasteiger partial charge in [-0.3, -0.25) is 14.7 Å². The SMILES string of the molecule is Cc1cc(=O)n2[nH]c([C@H]3CCCCN3C(=O)[C@@H]3CCCO3)cc2n1. The van der Waals surface area contributed by atoms with Crippen molar-refractivity contribution in [1.29, 1.82) is 0 Å². The van der Waals surface area contributed by atoms with Crippen molar-refractivity contribution in [1.82, 2.24) is 19.5 Å². The van der Waals surface area contributed by atoms with Crippen LogP contribution in [0.5, 0.6) is 0 Å². The van der Waals surface area contributed by atoms with Gasteiger partial charge in [0, 0.05) is 31.0 Å². The van der Waals surface area contributed by atoms with E-state index in [9.17, 15) is 9.59 Å². The van der Waals surface area contributed by atoms with E-state index in [1.165, 1.54) is 10.6 Å². The van der Waals surface area contributed by atoms with E-state index in [0.717, 1.165) is 44.3 Å². The van der Waals surface area contributed by atoms with Gasteiger partial charge in [0.1, 0.15) is 6.10 Å². The lowest BCUT2D eigenvalue weighted by atomic mass is 9.98. The van der Waals surface area contributed by atoms with Gasteiger partial charge in [0.2, 0.25) is 0 Å². The molecule has 0 aliphatic carbocycles. The fraction of sp³-hybridized carbons (Fsp3) is 0.588. The summed E-state index contributed by atoms with van der Waals surface area (Å²) in [7, 11) is 0. The summed E-state index contributed by atoms with van der Waals surface area (Å²) in [6.45, 7) is 3.21. The Bertz CT molecular complexity index is 819. The third-order valence-corrected chi connectivity index (χ3v) is 4.95. The molecule has 7 nitrogen and oxygen atoms in total. The summed E-state index contributed by atoms with van der Waals surface area (Å²) >= 11 is 0. The number of H-pyrrole nitrogens is 1. The molecule has 2 aromatic heterocycles. The number of piperidine rings is 1. The third-order valence-electron chi connectivity index (χ3n) is 4.95. The minimum Gasteiger partial charge on any atom is -0.368 e. The zero-order valence-electron chi connectivity index (χ0n) is 13.8. The number of aromatic amines is 1. The van der Waals surface area contributed by atoms with Crippen LogP contribution >= 0.6 is 0 Å². The summed E-state index contributed by atoms with van der Waals surface area (Å²) in [6, 6.07) is 3.35. The number of rotatable bonds is 2. The van der Waals surface area contributed by atoms with Gasteiger partial charge < -0.3 is 9.64 Å². The van der Waals surface area contributed by atoms with Crippen LogP contribution in [0.3, 0.4) is 0 Å². The van der Waals surface area contributed by atoms with Gasteiger partial charge in [0.15, 0.2) is 5.65 Å². The normalized spacial score (nSPS) is 24.6. The largest absolute Gasteiger partial charge is 0.368 e. The first-order valence-corrected chi connectivity index (χ1v) is 8.65. The average molecular weight is 330 g/mol. The first-order valence-electron chi connectivity index (χ1n) is 8.65. The number of nitrogens with one attached hydrogen (secondary N) is 1. The minimum absolute atomic E-state index is 0.0446. The van der Waals surface area contributed by atoms with Crippen molar-refractivity contribution in [3.63, 3.8) is 0 Å². The van der Waals surface area contributed by atoms with Crippen LogP contribution in [0.1, 0.15) is 49.5 Å². The number of hydrogen-bond acceptors (Lipinski definition) is 4. The zero-order chi connectivity index (χ0) is 16.7. The molecule has 128 valence electrons. The Kier molecular flexibility index (Phi) is 3.88. The second kappa shape index (κ2) is 6.05. The van der Waals surface area contributed by atoms with Crippen LogP contribution in [0.15, 0.2) is 16.9 Å². The first kappa shape index (κ1) is 15.4. The second-order valence-corrected chi connectivity index (χ2v) is 6.69. The summed E-state index contributed by atoms with van der Waals surface area (Å²) < 4.78 is 7.03. The lowest BCUT2D eigenvalue weighted by Crippen LogP contribution is -2.44. The maximum atomic E-state index is 12.8. The van der Waals surface area contributed by atoms with Crippen molar-refractivity contribution >= 4 is 11.6 Å². The monoisotopic (exact) mass is 330 g/mol. The minimum atomic E-state index is -0.307. The Morgan fingerprint density at radius 3 is 2.96 bits per heavy atom. The molecule has 1 N–H and O–H groups in total. The Labute approximate surface area is 139 Å². The Hall–Kier alpha value is -2.15. The van der Waals surface area contributed by atoms with E-state index in [1.807, 2.05) is 17.9 Å². The summed E-state index contributed by atoms with van der Waals surface area (Å²) in [5.74, 6) is 0.0762. The zero-order valence-corrected chi connectivity index (χ0v) is 13.8. The molecule has 0 aromatic carbocycles. The lowest BCUT2D eigenvalue weighted by Gasteiger charge is -2.36. The molecule has 24 heavy (non-hydrogen) atoms. The molecular formula is C17H22N4O3. The molecule has 2 aliphatic heterocycles. The highest BCUT2D eigenvalue weighted by Crippen LogP contribution is 2.32. The summed E-state index contributed by atoms with van der Waals surface area (Å²) in [6.07, 6.45) is 4.40. The molecule has 1 amide bonds. The molecule has 2 atom stereocenters. The Morgan fingerprint density at radius 2 is 2.17 bits per heavy atom. The van der Waals surface area contributed by atoms with Crippen LogP contribution in [0.4, 0.5) is 0 Å². The number of fused-ring (bicyclic) bond motifs is 1. The molecule has 0 unspecified atom stereocenters. The fourth-order valence-corrected chi connectivity index (χ4v) is 3.78. The Balaban J connectivity index is 1.68. The molecule has 2 fully saturated rings. The molecule has 0 bridgehead atoms. The number of carbonyl (C=O) groups excluding carboxylic acids is 1. The lowest BCUT2D eigenvalue weighted by molar-refractivity contribution is -0.145. The number of aromatic nitrogens is 3. The molecule has 2 saturated heterocycles. The number of likely N-dealkylation sites (tertiary alicyclic amines) is 1. The predicted octanol–water partition coefficient (Wildman–Crippen LogP) is 1.56. The molecule has 2 aromatic rings. The fourth-order valence-electron chi connectivity index (χ4n) is 3.78.